The van der Waals surface area contributed by atoms with E-state index in [9.17, 15) is 15.0 Å². The number of hydrogen-bond donors (Lipinski definition) is 2. The van der Waals surface area contributed by atoms with Gasteiger partial charge in [-0.25, -0.2) is 0 Å². The Morgan fingerprint density at radius 2 is 1.70 bits per heavy atom. The first-order valence-electron chi connectivity index (χ1n) is 6.72. The Balaban J connectivity index is 2.05. The minimum absolute atomic E-state index is 0.0464. The van der Waals surface area contributed by atoms with Crippen molar-refractivity contribution in [1.29, 1.82) is 0 Å². The molecule has 104 valence electrons. The summed E-state index contributed by atoms with van der Waals surface area (Å²) in [6, 6.07) is 13.2. The second-order valence-corrected chi connectivity index (χ2v) is 4.78. The van der Waals surface area contributed by atoms with Crippen LogP contribution in [0.5, 0.6) is 11.5 Å². The Morgan fingerprint density at radius 3 is 2.40 bits per heavy atom. The van der Waals surface area contributed by atoms with E-state index in [1.165, 1.54) is 11.6 Å². The zero-order valence-corrected chi connectivity index (χ0v) is 11.2. The van der Waals surface area contributed by atoms with Gasteiger partial charge in [0.05, 0.1) is 0 Å². The Hall–Kier alpha value is -2.29. The van der Waals surface area contributed by atoms with Crippen molar-refractivity contribution >= 4 is 6.29 Å². The Bertz CT molecular complexity index is 576. The summed E-state index contributed by atoms with van der Waals surface area (Å²) in [6.07, 6.45) is 3.21. The van der Waals surface area contributed by atoms with Crippen molar-refractivity contribution < 1.29 is 15.0 Å². The highest BCUT2D eigenvalue weighted by atomic mass is 16.3. The van der Waals surface area contributed by atoms with Crippen molar-refractivity contribution in [3.05, 3.63) is 59.2 Å². The average molecular weight is 270 g/mol. The molecule has 0 unspecified atom stereocenters. The van der Waals surface area contributed by atoms with Gasteiger partial charge in [-0.2, -0.15) is 0 Å². The number of phenolic OH excluding ortho intramolecular Hbond substituents is 2. The van der Waals surface area contributed by atoms with E-state index in [0.717, 1.165) is 19.1 Å². The van der Waals surface area contributed by atoms with E-state index in [4.69, 9.17) is 0 Å². The molecule has 2 aromatic carbocycles. The van der Waals surface area contributed by atoms with Gasteiger partial charge in [0.1, 0.15) is 17.8 Å². The maximum Gasteiger partial charge on any atom is 0.126 e. The summed E-state index contributed by atoms with van der Waals surface area (Å²) in [6.45, 7) is 0. The highest BCUT2D eigenvalue weighted by Gasteiger charge is 2.11. The fraction of sp³-hybridized carbons (Fsp3) is 0.235. The van der Waals surface area contributed by atoms with Crippen LogP contribution >= 0.6 is 0 Å². The highest BCUT2D eigenvalue weighted by Crippen LogP contribution is 2.32. The van der Waals surface area contributed by atoms with Crippen molar-refractivity contribution in [2.45, 2.75) is 25.7 Å². The van der Waals surface area contributed by atoms with Gasteiger partial charge in [0.2, 0.25) is 0 Å². The van der Waals surface area contributed by atoms with Crippen molar-refractivity contribution in [3.8, 4) is 11.5 Å². The predicted octanol–water partition coefficient (Wildman–Crippen LogP) is 3.01. The molecule has 3 nitrogen and oxygen atoms in total. The number of aldehydes is 1. The molecule has 3 heteroatoms. The van der Waals surface area contributed by atoms with E-state index < -0.39 is 0 Å². The zero-order valence-electron chi connectivity index (χ0n) is 11.2. The monoisotopic (exact) mass is 270 g/mol. The van der Waals surface area contributed by atoms with E-state index in [0.29, 0.717) is 17.5 Å². The van der Waals surface area contributed by atoms with Crippen LogP contribution in [0.1, 0.15) is 23.1 Å². The standard InChI is InChI=1S/C17H18O3/c18-12-11-14-9-10-16(19)15(17(14)20)8-4-7-13-5-2-1-3-6-13/h1-3,5-6,9-10,12,19-20H,4,7-8,11H2. The third kappa shape index (κ3) is 3.38. The second-order valence-electron chi connectivity index (χ2n) is 4.78. The average Bonchev–Trinajstić information content (AvgIpc) is 2.47. The molecule has 2 aromatic rings. The molecule has 2 N–H and O–H groups in total. The van der Waals surface area contributed by atoms with Crippen molar-refractivity contribution in [2.24, 2.45) is 0 Å². The van der Waals surface area contributed by atoms with Crippen LogP contribution in [0.3, 0.4) is 0 Å². The van der Waals surface area contributed by atoms with Crippen molar-refractivity contribution in [2.75, 3.05) is 0 Å². The van der Waals surface area contributed by atoms with Crippen LogP contribution in [0, 0.1) is 0 Å². The normalized spacial score (nSPS) is 10.4. The Morgan fingerprint density at radius 1 is 0.950 bits per heavy atom. The third-order valence-electron chi connectivity index (χ3n) is 3.38. The molecule has 0 atom stereocenters. The Kier molecular flexibility index (Phi) is 4.77. The SMILES string of the molecule is O=CCc1ccc(O)c(CCCc2ccccc2)c1O. The van der Waals surface area contributed by atoms with Gasteiger partial charge in [0.15, 0.2) is 0 Å². The van der Waals surface area contributed by atoms with Crippen LogP contribution in [-0.2, 0) is 24.1 Å². The number of hydrogen-bond acceptors (Lipinski definition) is 3. The molecule has 0 saturated carbocycles. The van der Waals surface area contributed by atoms with Crippen molar-refractivity contribution in [3.63, 3.8) is 0 Å². The first-order chi connectivity index (χ1) is 9.72. The molecule has 0 heterocycles. The molecular weight excluding hydrogens is 252 g/mol. The van der Waals surface area contributed by atoms with Crippen LogP contribution in [0.25, 0.3) is 0 Å². The quantitative estimate of drug-likeness (QED) is 0.793. The lowest BCUT2D eigenvalue weighted by Crippen LogP contribution is -1.95. The van der Waals surface area contributed by atoms with Gasteiger partial charge < -0.3 is 15.0 Å². The van der Waals surface area contributed by atoms with E-state index in [1.807, 2.05) is 18.2 Å². The molecule has 0 aliphatic rings. The van der Waals surface area contributed by atoms with E-state index in [-0.39, 0.29) is 17.9 Å². The van der Waals surface area contributed by atoms with Gasteiger partial charge in [-0.05, 0) is 30.9 Å². The first-order valence-corrected chi connectivity index (χ1v) is 6.72. The largest absolute Gasteiger partial charge is 0.508 e. The second kappa shape index (κ2) is 6.75. The minimum atomic E-state index is 0.0464. The maximum absolute atomic E-state index is 10.5. The molecule has 0 radical (unpaired) electrons. The summed E-state index contributed by atoms with van der Waals surface area (Å²) >= 11 is 0. The molecule has 20 heavy (non-hydrogen) atoms. The van der Waals surface area contributed by atoms with Gasteiger partial charge in [0.25, 0.3) is 0 Å². The lowest BCUT2D eigenvalue weighted by Gasteiger charge is -2.10. The van der Waals surface area contributed by atoms with E-state index in [1.54, 1.807) is 6.07 Å². The van der Waals surface area contributed by atoms with Crippen LogP contribution in [0.4, 0.5) is 0 Å². The zero-order chi connectivity index (χ0) is 14.4. The smallest absolute Gasteiger partial charge is 0.126 e. The van der Waals surface area contributed by atoms with Crippen molar-refractivity contribution in [1.82, 2.24) is 0 Å². The fourth-order valence-electron chi connectivity index (χ4n) is 2.29. The molecule has 0 spiro atoms. The number of aryl methyl sites for hydroxylation is 1. The molecule has 0 aliphatic carbocycles. The number of rotatable bonds is 6. The van der Waals surface area contributed by atoms with Gasteiger partial charge in [-0.3, -0.25) is 0 Å². The molecular formula is C17H18O3. The molecule has 0 amide bonds. The topological polar surface area (TPSA) is 57.5 Å². The number of carbonyl (C=O) groups excluding carboxylic acids is 1. The summed E-state index contributed by atoms with van der Waals surface area (Å²) in [4.78, 5) is 10.5. The van der Waals surface area contributed by atoms with Crippen LogP contribution < -0.4 is 0 Å². The molecule has 0 fully saturated rings. The van der Waals surface area contributed by atoms with Gasteiger partial charge in [0, 0.05) is 17.5 Å². The molecule has 0 aliphatic heterocycles. The summed E-state index contributed by atoms with van der Waals surface area (Å²) in [5.41, 5.74) is 2.32. The number of phenols is 2. The van der Waals surface area contributed by atoms with Crippen LogP contribution in [-0.4, -0.2) is 16.5 Å². The number of aromatic hydroxyl groups is 2. The number of carbonyl (C=O) groups is 1. The minimum Gasteiger partial charge on any atom is -0.508 e. The van der Waals surface area contributed by atoms with Gasteiger partial charge in [-0.15, -0.1) is 0 Å². The van der Waals surface area contributed by atoms with Gasteiger partial charge >= 0.3 is 0 Å². The molecule has 0 bridgehead atoms. The predicted molar refractivity (Wildman–Crippen MR) is 78.0 cm³/mol. The molecule has 2 rings (SSSR count). The van der Waals surface area contributed by atoms with Crippen LogP contribution in [0.15, 0.2) is 42.5 Å². The first kappa shape index (κ1) is 14.1. The highest BCUT2D eigenvalue weighted by molar-refractivity contribution is 5.60. The van der Waals surface area contributed by atoms with E-state index >= 15 is 0 Å². The molecule has 0 saturated heterocycles. The van der Waals surface area contributed by atoms with Crippen LogP contribution in [0.2, 0.25) is 0 Å². The fourth-order valence-corrected chi connectivity index (χ4v) is 2.29. The van der Waals surface area contributed by atoms with E-state index in [2.05, 4.69) is 12.1 Å². The maximum atomic E-state index is 10.5. The Labute approximate surface area is 118 Å². The van der Waals surface area contributed by atoms with Gasteiger partial charge in [-0.1, -0.05) is 36.4 Å². The number of benzene rings is 2. The molecule has 0 aromatic heterocycles. The summed E-state index contributed by atoms with van der Waals surface area (Å²) < 4.78 is 0. The summed E-state index contributed by atoms with van der Waals surface area (Å²) in [5, 5.41) is 19.9. The lowest BCUT2D eigenvalue weighted by molar-refractivity contribution is -0.107. The third-order valence-corrected chi connectivity index (χ3v) is 3.38. The summed E-state index contributed by atoms with van der Waals surface area (Å²) in [7, 11) is 0. The summed E-state index contributed by atoms with van der Waals surface area (Å²) in [5.74, 6) is 0.135. The lowest BCUT2D eigenvalue weighted by atomic mass is 9.99.